The zero-order valence-corrected chi connectivity index (χ0v) is 20.1. The van der Waals surface area contributed by atoms with E-state index in [4.69, 9.17) is 25.8 Å². The molecule has 0 saturated heterocycles. The highest BCUT2D eigenvalue weighted by Crippen LogP contribution is 2.36. The van der Waals surface area contributed by atoms with Crippen molar-refractivity contribution in [2.24, 2.45) is 0 Å². The van der Waals surface area contributed by atoms with Gasteiger partial charge in [-0.2, -0.15) is 0 Å². The van der Waals surface area contributed by atoms with E-state index in [2.05, 4.69) is 10.6 Å². The van der Waals surface area contributed by atoms with Gasteiger partial charge in [0.25, 0.3) is 0 Å². The summed E-state index contributed by atoms with van der Waals surface area (Å²) in [5.74, 6) is 0.451. The molecule has 1 aliphatic heterocycles. The molecular weight excluding hydrogens is 468 g/mol. The first-order valence-electron chi connectivity index (χ1n) is 11.1. The molecule has 0 radical (unpaired) electrons. The normalized spacial score (nSPS) is 15.2. The van der Waals surface area contributed by atoms with Crippen molar-refractivity contribution in [3.63, 3.8) is 0 Å². The topological polar surface area (TPSA) is 85.9 Å². The molecule has 180 valence electrons. The second kappa shape index (κ2) is 11.0. The number of methoxy groups -OCH3 is 1. The van der Waals surface area contributed by atoms with E-state index in [1.165, 1.54) is 7.11 Å². The lowest BCUT2D eigenvalue weighted by Crippen LogP contribution is -2.45. The summed E-state index contributed by atoms with van der Waals surface area (Å²) in [5.41, 5.74) is 2.95. The molecule has 3 aromatic rings. The monoisotopic (exact) mass is 492 g/mol. The third-order valence-corrected chi connectivity index (χ3v) is 5.67. The molecule has 2 N–H and O–H groups in total. The van der Waals surface area contributed by atoms with E-state index in [9.17, 15) is 9.59 Å². The maximum Gasteiger partial charge on any atom is 0.338 e. The average molecular weight is 493 g/mol. The van der Waals surface area contributed by atoms with E-state index < -0.39 is 18.0 Å². The number of urea groups is 1. The number of rotatable bonds is 8. The predicted octanol–water partition coefficient (Wildman–Crippen LogP) is 5.26. The molecule has 0 aliphatic carbocycles. The number of hydrogen-bond donors (Lipinski definition) is 2. The van der Waals surface area contributed by atoms with Gasteiger partial charge in [0, 0.05) is 5.02 Å². The second-order valence-electron chi connectivity index (χ2n) is 7.74. The van der Waals surface area contributed by atoms with Crippen molar-refractivity contribution in [3.8, 4) is 11.5 Å². The molecule has 1 unspecified atom stereocenters. The molecule has 7 nitrogen and oxygen atoms in total. The maximum atomic E-state index is 13.0. The molecule has 2 amide bonds. The predicted molar refractivity (Wildman–Crippen MR) is 133 cm³/mol. The third kappa shape index (κ3) is 5.58. The number of halogens is 1. The maximum absolute atomic E-state index is 13.0. The van der Waals surface area contributed by atoms with Crippen LogP contribution >= 0.6 is 11.6 Å². The fraction of sp³-hybridized carbons (Fsp3) is 0.185. The highest BCUT2D eigenvalue weighted by Gasteiger charge is 2.34. The largest absolute Gasteiger partial charge is 0.493 e. The van der Waals surface area contributed by atoms with Crippen LogP contribution in [0.1, 0.15) is 29.7 Å². The Morgan fingerprint density at radius 2 is 1.80 bits per heavy atom. The summed E-state index contributed by atoms with van der Waals surface area (Å²) >= 11 is 6.06. The van der Waals surface area contributed by atoms with Crippen LogP contribution in [0.4, 0.5) is 4.79 Å². The fourth-order valence-corrected chi connectivity index (χ4v) is 4.06. The summed E-state index contributed by atoms with van der Waals surface area (Å²) in [6.07, 6.45) is 0. The van der Waals surface area contributed by atoms with Crippen molar-refractivity contribution < 1.29 is 23.8 Å². The van der Waals surface area contributed by atoms with E-state index in [0.29, 0.717) is 45.5 Å². The summed E-state index contributed by atoms with van der Waals surface area (Å²) in [6, 6.07) is 20.7. The van der Waals surface area contributed by atoms with Crippen molar-refractivity contribution in [3.05, 3.63) is 100 Å². The molecule has 35 heavy (non-hydrogen) atoms. The Kier molecular flexibility index (Phi) is 7.57. The van der Waals surface area contributed by atoms with Crippen LogP contribution in [0.15, 0.2) is 78.4 Å². The van der Waals surface area contributed by atoms with Crippen LogP contribution < -0.4 is 20.1 Å². The lowest BCUT2D eigenvalue weighted by molar-refractivity contribution is -0.138. The third-order valence-electron chi connectivity index (χ3n) is 5.43. The molecule has 1 atom stereocenters. The number of carbonyl (C=O) groups is 2. The van der Waals surface area contributed by atoms with Gasteiger partial charge in [0.2, 0.25) is 0 Å². The summed E-state index contributed by atoms with van der Waals surface area (Å²) < 4.78 is 16.9. The quantitative estimate of drug-likeness (QED) is 0.419. The highest BCUT2D eigenvalue weighted by molar-refractivity contribution is 6.30. The zero-order chi connectivity index (χ0) is 24.8. The molecule has 3 aromatic carbocycles. The van der Waals surface area contributed by atoms with Gasteiger partial charge in [-0.25, -0.2) is 9.59 Å². The van der Waals surface area contributed by atoms with E-state index in [1.54, 1.807) is 31.2 Å². The van der Waals surface area contributed by atoms with Gasteiger partial charge in [0.15, 0.2) is 11.5 Å². The average Bonchev–Trinajstić information content (AvgIpc) is 2.87. The number of amides is 2. The van der Waals surface area contributed by atoms with Gasteiger partial charge >= 0.3 is 12.0 Å². The number of benzene rings is 3. The van der Waals surface area contributed by atoms with Crippen LogP contribution in [0, 0.1) is 0 Å². The SMILES string of the molecule is CCOC(=O)C1=C(c2ccccc2)NC(=O)NC1c1ccc(OCc2cccc(Cl)c2)c(OC)c1. The Morgan fingerprint density at radius 1 is 1.00 bits per heavy atom. The van der Waals surface area contributed by atoms with Gasteiger partial charge in [-0.05, 0) is 47.9 Å². The van der Waals surface area contributed by atoms with Gasteiger partial charge < -0.3 is 24.8 Å². The molecule has 0 saturated carbocycles. The van der Waals surface area contributed by atoms with E-state index in [1.807, 2.05) is 48.5 Å². The molecular formula is C27H25ClN2O5. The molecule has 0 aromatic heterocycles. The van der Waals surface area contributed by atoms with Crippen molar-refractivity contribution in [2.75, 3.05) is 13.7 Å². The summed E-state index contributed by atoms with van der Waals surface area (Å²) in [5, 5.41) is 6.23. The van der Waals surface area contributed by atoms with Gasteiger partial charge in [-0.15, -0.1) is 0 Å². The Morgan fingerprint density at radius 3 is 2.51 bits per heavy atom. The molecule has 0 spiro atoms. The number of ether oxygens (including phenoxy) is 3. The fourth-order valence-electron chi connectivity index (χ4n) is 3.85. The molecule has 0 fully saturated rings. The Labute approximate surface area is 208 Å². The van der Waals surface area contributed by atoms with Crippen LogP contribution in [0.2, 0.25) is 5.02 Å². The Balaban J connectivity index is 1.70. The molecule has 1 heterocycles. The van der Waals surface area contributed by atoms with Crippen molar-refractivity contribution >= 4 is 29.3 Å². The van der Waals surface area contributed by atoms with Crippen LogP contribution in [0.25, 0.3) is 5.70 Å². The van der Waals surface area contributed by atoms with Gasteiger partial charge in [-0.1, -0.05) is 60.1 Å². The van der Waals surface area contributed by atoms with E-state index >= 15 is 0 Å². The van der Waals surface area contributed by atoms with Crippen molar-refractivity contribution in [2.45, 2.75) is 19.6 Å². The van der Waals surface area contributed by atoms with Crippen molar-refractivity contribution in [1.82, 2.24) is 10.6 Å². The van der Waals surface area contributed by atoms with Crippen LogP contribution in [-0.2, 0) is 16.1 Å². The number of hydrogen-bond acceptors (Lipinski definition) is 5. The number of esters is 1. The standard InChI is InChI=1S/C27H25ClN2O5/c1-3-34-26(31)23-24(18-9-5-4-6-10-18)29-27(32)30-25(23)19-12-13-21(22(15-19)33-2)35-16-17-8-7-11-20(28)14-17/h4-15,25H,3,16H2,1-2H3,(H2,29,30,32). The first-order valence-corrected chi connectivity index (χ1v) is 11.5. The number of carbonyl (C=O) groups excluding carboxylic acids is 2. The van der Waals surface area contributed by atoms with Crippen LogP contribution in [0.5, 0.6) is 11.5 Å². The van der Waals surface area contributed by atoms with Crippen molar-refractivity contribution in [1.29, 1.82) is 0 Å². The smallest absolute Gasteiger partial charge is 0.338 e. The second-order valence-corrected chi connectivity index (χ2v) is 8.17. The minimum Gasteiger partial charge on any atom is -0.493 e. The summed E-state index contributed by atoms with van der Waals surface area (Å²) in [6.45, 7) is 2.23. The van der Waals surface area contributed by atoms with Gasteiger partial charge in [-0.3, -0.25) is 0 Å². The van der Waals surface area contributed by atoms with Gasteiger partial charge in [0.1, 0.15) is 6.61 Å². The minimum absolute atomic E-state index is 0.199. The lowest BCUT2D eigenvalue weighted by Gasteiger charge is -2.30. The first-order chi connectivity index (χ1) is 17.0. The minimum atomic E-state index is -0.756. The summed E-state index contributed by atoms with van der Waals surface area (Å²) in [4.78, 5) is 25.6. The Bertz CT molecular complexity index is 1260. The van der Waals surface area contributed by atoms with E-state index in [-0.39, 0.29) is 6.61 Å². The highest BCUT2D eigenvalue weighted by atomic mass is 35.5. The molecule has 0 bridgehead atoms. The molecule has 4 rings (SSSR count). The lowest BCUT2D eigenvalue weighted by atomic mass is 9.92. The summed E-state index contributed by atoms with van der Waals surface area (Å²) in [7, 11) is 1.53. The van der Waals surface area contributed by atoms with Gasteiger partial charge in [0.05, 0.1) is 31.0 Å². The molecule has 1 aliphatic rings. The van der Waals surface area contributed by atoms with Crippen LogP contribution in [-0.4, -0.2) is 25.7 Å². The van der Waals surface area contributed by atoms with Crippen LogP contribution in [0.3, 0.4) is 0 Å². The first kappa shape index (κ1) is 24.2. The zero-order valence-electron chi connectivity index (χ0n) is 19.3. The Hall–Kier alpha value is -3.97. The number of nitrogens with one attached hydrogen (secondary N) is 2. The molecule has 8 heteroatoms. The van der Waals surface area contributed by atoms with E-state index in [0.717, 1.165) is 5.56 Å².